The van der Waals surface area contributed by atoms with Gasteiger partial charge in [0.05, 0.1) is 31.5 Å². The Morgan fingerprint density at radius 2 is 1.54 bits per heavy atom. The van der Waals surface area contributed by atoms with Crippen molar-refractivity contribution in [1.29, 1.82) is 0 Å². The molecule has 1 aliphatic carbocycles. The van der Waals surface area contributed by atoms with Crippen LogP contribution in [0.15, 0.2) is 18.2 Å². The van der Waals surface area contributed by atoms with E-state index in [0.29, 0.717) is 5.75 Å². The first-order valence-corrected chi connectivity index (χ1v) is 11.3. The van der Waals surface area contributed by atoms with Gasteiger partial charge in [0.1, 0.15) is 11.9 Å². The zero-order chi connectivity index (χ0) is 17.9. The molecule has 0 N–H and O–H groups in total. The zero-order valence-corrected chi connectivity index (χ0v) is 15.8. The molecule has 0 atom stereocenters. The summed E-state index contributed by atoms with van der Waals surface area (Å²) >= 11 is 0. The van der Waals surface area contributed by atoms with Crippen molar-refractivity contribution < 1.29 is 28.2 Å². The minimum absolute atomic E-state index is 0.0563. The average Bonchev–Trinajstić information content (AvgIpc) is 2.50. The summed E-state index contributed by atoms with van der Waals surface area (Å²) in [5.41, 5.74) is 0.293. The molecule has 0 aromatic heterocycles. The van der Waals surface area contributed by atoms with Crippen LogP contribution in [0.25, 0.3) is 0 Å². The van der Waals surface area contributed by atoms with Gasteiger partial charge in [0, 0.05) is 12.8 Å². The second-order valence-electron chi connectivity index (χ2n) is 6.75. The molecule has 132 valence electrons. The van der Waals surface area contributed by atoms with Crippen molar-refractivity contribution in [1.82, 2.24) is 0 Å². The fourth-order valence-corrected chi connectivity index (χ4v) is 3.76. The van der Waals surface area contributed by atoms with Crippen LogP contribution in [0.3, 0.4) is 0 Å². The number of esters is 2. The number of carbonyl (C=O) groups is 2. The maximum atomic E-state index is 11.9. The van der Waals surface area contributed by atoms with Gasteiger partial charge >= 0.3 is 11.9 Å². The molecule has 1 aliphatic rings. The molecule has 1 aromatic rings. The number of rotatable bonds is 6. The molecular weight excluding hydrogens is 328 g/mol. The Morgan fingerprint density at radius 3 is 2.08 bits per heavy atom. The van der Waals surface area contributed by atoms with Crippen LogP contribution < -0.4 is 4.74 Å². The van der Waals surface area contributed by atoms with E-state index in [1.54, 1.807) is 6.07 Å². The van der Waals surface area contributed by atoms with E-state index < -0.39 is 20.3 Å². The van der Waals surface area contributed by atoms with Crippen LogP contribution in [-0.2, 0) is 13.9 Å². The Morgan fingerprint density at radius 1 is 0.958 bits per heavy atom. The smallest absolute Gasteiger partial charge is 0.338 e. The molecule has 1 saturated carbocycles. The van der Waals surface area contributed by atoms with E-state index in [-0.39, 0.29) is 23.3 Å². The van der Waals surface area contributed by atoms with Crippen molar-refractivity contribution in [3.8, 4) is 5.75 Å². The minimum Gasteiger partial charge on any atom is -0.490 e. The van der Waals surface area contributed by atoms with Crippen molar-refractivity contribution in [3.05, 3.63) is 29.3 Å². The first-order chi connectivity index (χ1) is 11.2. The molecule has 0 bridgehead atoms. The van der Waals surface area contributed by atoms with Crippen LogP contribution in [0.1, 0.15) is 33.6 Å². The third-order valence-electron chi connectivity index (χ3n) is 3.68. The molecule has 0 radical (unpaired) electrons. The monoisotopic (exact) mass is 352 g/mol. The average molecular weight is 352 g/mol. The minimum atomic E-state index is -1.53. The fraction of sp³-hybridized carbons (Fsp3) is 0.529. The predicted molar refractivity (Wildman–Crippen MR) is 91.0 cm³/mol. The summed E-state index contributed by atoms with van der Waals surface area (Å²) in [7, 11) is 0.997. The largest absolute Gasteiger partial charge is 0.490 e. The summed E-state index contributed by atoms with van der Waals surface area (Å²) in [6, 6.07) is 4.69. The lowest BCUT2D eigenvalue weighted by Crippen LogP contribution is -2.44. The van der Waals surface area contributed by atoms with Gasteiger partial charge in [0.15, 0.2) is 8.32 Å². The van der Waals surface area contributed by atoms with E-state index >= 15 is 0 Å². The van der Waals surface area contributed by atoms with Crippen molar-refractivity contribution in [3.63, 3.8) is 0 Å². The second kappa shape index (κ2) is 7.35. The highest BCUT2D eigenvalue weighted by Gasteiger charge is 2.35. The maximum Gasteiger partial charge on any atom is 0.338 e. The summed E-state index contributed by atoms with van der Waals surface area (Å²) in [5.74, 6) is -0.664. The summed E-state index contributed by atoms with van der Waals surface area (Å²) in [4.78, 5) is 23.6. The summed E-state index contributed by atoms with van der Waals surface area (Å²) in [6.07, 6.45) is 1.96. The van der Waals surface area contributed by atoms with Gasteiger partial charge in [-0.05, 0) is 37.8 Å². The van der Waals surface area contributed by atoms with Gasteiger partial charge in [-0.3, -0.25) is 0 Å². The van der Waals surface area contributed by atoms with Crippen LogP contribution in [0.5, 0.6) is 5.75 Å². The van der Waals surface area contributed by atoms with Gasteiger partial charge in [-0.2, -0.15) is 0 Å². The third kappa shape index (κ3) is 4.58. The van der Waals surface area contributed by atoms with E-state index in [1.807, 2.05) is 0 Å². The fourth-order valence-electron chi connectivity index (χ4n) is 2.57. The molecular formula is C17H24O6Si. The van der Waals surface area contributed by atoms with Gasteiger partial charge in [0.25, 0.3) is 0 Å². The van der Waals surface area contributed by atoms with Crippen LogP contribution >= 0.6 is 0 Å². The summed E-state index contributed by atoms with van der Waals surface area (Å²) in [6.45, 7) is 6.49. The number of hydrogen-bond acceptors (Lipinski definition) is 6. The van der Waals surface area contributed by atoms with Gasteiger partial charge in [-0.1, -0.05) is 0 Å². The van der Waals surface area contributed by atoms with Crippen molar-refractivity contribution in [2.75, 3.05) is 14.2 Å². The Balaban J connectivity index is 2.05. The molecule has 6 nitrogen and oxygen atoms in total. The van der Waals surface area contributed by atoms with Crippen LogP contribution in [-0.4, -0.2) is 46.7 Å². The second-order valence-corrected chi connectivity index (χ2v) is 11.2. The number of methoxy groups -OCH3 is 2. The Hall–Kier alpha value is -1.86. The molecule has 1 fully saturated rings. The van der Waals surface area contributed by atoms with E-state index in [4.69, 9.17) is 13.9 Å². The highest BCUT2D eigenvalue weighted by atomic mass is 28.4. The summed E-state index contributed by atoms with van der Waals surface area (Å²) in [5, 5.41) is 0. The maximum absolute atomic E-state index is 11.9. The molecule has 0 spiro atoms. The predicted octanol–water partition coefficient (Wildman–Crippen LogP) is 3.02. The lowest BCUT2D eigenvalue weighted by Gasteiger charge is -2.38. The number of carbonyl (C=O) groups excluding carboxylic acids is 2. The Kier molecular flexibility index (Phi) is 5.66. The van der Waals surface area contributed by atoms with Crippen LogP contribution in [0, 0.1) is 0 Å². The van der Waals surface area contributed by atoms with Crippen LogP contribution in [0.4, 0.5) is 0 Å². The van der Waals surface area contributed by atoms with Crippen molar-refractivity contribution in [2.45, 2.75) is 44.7 Å². The van der Waals surface area contributed by atoms with Gasteiger partial charge < -0.3 is 18.6 Å². The first kappa shape index (κ1) is 18.5. The van der Waals surface area contributed by atoms with Gasteiger partial charge in [0.2, 0.25) is 0 Å². The number of hydrogen-bond donors (Lipinski definition) is 0. The molecule has 24 heavy (non-hydrogen) atoms. The highest BCUT2D eigenvalue weighted by molar-refractivity contribution is 6.69. The van der Waals surface area contributed by atoms with E-state index in [2.05, 4.69) is 24.4 Å². The first-order valence-electron chi connectivity index (χ1n) is 7.88. The quantitative estimate of drug-likeness (QED) is 0.579. The van der Waals surface area contributed by atoms with Gasteiger partial charge in [-0.25, -0.2) is 9.59 Å². The summed E-state index contributed by atoms with van der Waals surface area (Å²) < 4.78 is 21.3. The molecule has 0 heterocycles. The van der Waals surface area contributed by atoms with E-state index in [0.717, 1.165) is 12.8 Å². The Labute approximate surface area is 143 Å². The highest BCUT2D eigenvalue weighted by Crippen LogP contribution is 2.31. The topological polar surface area (TPSA) is 71.1 Å². The van der Waals surface area contributed by atoms with Crippen LogP contribution in [0.2, 0.25) is 19.6 Å². The molecule has 0 amide bonds. The Bertz CT molecular complexity index is 616. The van der Waals surface area contributed by atoms with Gasteiger partial charge in [-0.15, -0.1) is 0 Å². The normalized spacial score (nSPS) is 20.0. The third-order valence-corrected chi connectivity index (χ3v) is 4.72. The van der Waals surface area contributed by atoms with Crippen molar-refractivity contribution >= 4 is 20.3 Å². The molecule has 1 aromatic carbocycles. The van der Waals surface area contributed by atoms with E-state index in [1.165, 1.54) is 26.4 Å². The van der Waals surface area contributed by atoms with Crippen molar-refractivity contribution in [2.24, 2.45) is 0 Å². The standard InChI is InChI=1S/C17H24O6Si/c1-20-16(18)14-7-6-11(10-15(14)17(19)21-2)22-12-8-13(9-12)23-24(3,4)5/h6-7,10,12-13H,8-9H2,1-5H3. The molecule has 7 heteroatoms. The zero-order valence-electron chi connectivity index (χ0n) is 14.8. The molecule has 0 aliphatic heterocycles. The molecule has 0 unspecified atom stereocenters. The molecule has 2 rings (SSSR count). The number of ether oxygens (including phenoxy) is 3. The number of benzene rings is 1. The molecule has 0 saturated heterocycles. The van der Waals surface area contributed by atoms with E-state index in [9.17, 15) is 9.59 Å². The SMILES string of the molecule is COC(=O)c1ccc(OC2CC(O[Si](C)(C)C)C2)cc1C(=O)OC. The lowest BCUT2D eigenvalue weighted by molar-refractivity contribution is 0.000116. The lowest BCUT2D eigenvalue weighted by atomic mass is 9.92.